The van der Waals surface area contributed by atoms with Crippen molar-refractivity contribution in [1.82, 2.24) is 0 Å². The molecule has 18 heavy (non-hydrogen) atoms. The minimum atomic E-state index is -2.93. The van der Waals surface area contributed by atoms with Crippen LogP contribution in [0.15, 0.2) is 41.9 Å². The third kappa shape index (κ3) is 4.40. The Hall–Kier alpha value is -1.51. The zero-order chi connectivity index (χ0) is 13.6. The summed E-state index contributed by atoms with van der Waals surface area (Å²) < 4.78 is 26.1. The van der Waals surface area contributed by atoms with E-state index in [2.05, 4.69) is 18.5 Å². The average Bonchev–Trinajstić information content (AvgIpc) is 2.30. The van der Waals surface area contributed by atoms with Gasteiger partial charge < -0.3 is 0 Å². The van der Waals surface area contributed by atoms with Gasteiger partial charge in [0.2, 0.25) is 0 Å². The number of halogens is 2. The van der Waals surface area contributed by atoms with Gasteiger partial charge in [0.05, 0.1) is 6.54 Å². The Morgan fingerprint density at radius 2 is 1.83 bits per heavy atom. The number of aryl methyl sites for hydroxylation is 1. The van der Waals surface area contributed by atoms with Crippen LogP contribution in [0, 0.1) is 0 Å². The predicted molar refractivity (Wildman–Crippen MR) is 72.4 cm³/mol. The lowest BCUT2D eigenvalue weighted by Gasteiger charge is -2.10. The van der Waals surface area contributed by atoms with Crippen LogP contribution in [0.5, 0.6) is 0 Å². The summed E-state index contributed by atoms with van der Waals surface area (Å²) in [5.41, 5.74) is 1.92. The van der Waals surface area contributed by atoms with Gasteiger partial charge in [0, 0.05) is 6.92 Å². The van der Waals surface area contributed by atoms with E-state index in [0.717, 1.165) is 31.4 Å². The first-order valence-corrected chi connectivity index (χ1v) is 6.10. The molecule has 0 aliphatic heterocycles. The molecule has 0 N–H and O–H groups in total. The molecule has 0 aliphatic rings. The van der Waals surface area contributed by atoms with Crippen LogP contribution in [0.25, 0.3) is 0 Å². The highest BCUT2D eigenvalue weighted by Crippen LogP contribution is 2.16. The number of alkyl halides is 2. The van der Waals surface area contributed by atoms with Crippen molar-refractivity contribution < 1.29 is 8.78 Å². The maximum atomic E-state index is 13.1. The highest BCUT2D eigenvalue weighted by atomic mass is 19.3. The van der Waals surface area contributed by atoms with E-state index in [0.29, 0.717) is 0 Å². The summed E-state index contributed by atoms with van der Waals surface area (Å²) in [7, 11) is 0. The molecular formula is C15H19F2N. The monoisotopic (exact) mass is 251 g/mol. The third-order valence-electron chi connectivity index (χ3n) is 2.64. The van der Waals surface area contributed by atoms with Gasteiger partial charge in [-0.3, -0.25) is 4.99 Å². The summed E-state index contributed by atoms with van der Waals surface area (Å²) in [4.78, 5) is 3.91. The Bertz CT molecular complexity index is 413. The van der Waals surface area contributed by atoms with Gasteiger partial charge >= 0.3 is 0 Å². The maximum Gasteiger partial charge on any atom is 0.286 e. The van der Waals surface area contributed by atoms with Crippen molar-refractivity contribution in [3.63, 3.8) is 0 Å². The molecule has 3 heteroatoms. The summed E-state index contributed by atoms with van der Waals surface area (Å²) in [5.74, 6) is -2.93. The SMILES string of the molecule is C=CC(=NCc1ccc(CCC)cc1)C(C)(F)F. The van der Waals surface area contributed by atoms with E-state index in [1.165, 1.54) is 5.56 Å². The first kappa shape index (κ1) is 14.6. The summed E-state index contributed by atoms with van der Waals surface area (Å²) in [6, 6.07) is 7.91. The van der Waals surface area contributed by atoms with Gasteiger partial charge in [0.15, 0.2) is 0 Å². The molecule has 98 valence electrons. The predicted octanol–water partition coefficient (Wildman–Crippen LogP) is 4.42. The second-order valence-electron chi connectivity index (χ2n) is 4.36. The van der Waals surface area contributed by atoms with Crippen LogP contribution in [-0.4, -0.2) is 11.6 Å². The Kier molecular flexibility index (Phi) is 5.20. The molecular weight excluding hydrogens is 232 g/mol. The normalized spacial score (nSPS) is 12.6. The quantitative estimate of drug-likeness (QED) is 0.664. The molecule has 0 saturated carbocycles. The van der Waals surface area contributed by atoms with Gasteiger partial charge in [0.1, 0.15) is 5.71 Å². The molecule has 0 amide bonds. The van der Waals surface area contributed by atoms with E-state index in [4.69, 9.17) is 0 Å². The molecule has 0 saturated heterocycles. The van der Waals surface area contributed by atoms with Crippen molar-refractivity contribution in [2.45, 2.75) is 39.2 Å². The molecule has 0 aromatic heterocycles. The van der Waals surface area contributed by atoms with Gasteiger partial charge in [0.25, 0.3) is 5.92 Å². The maximum absolute atomic E-state index is 13.1. The fraction of sp³-hybridized carbons (Fsp3) is 0.400. The summed E-state index contributed by atoms with van der Waals surface area (Å²) in [6.45, 7) is 6.58. The number of aliphatic imine (C=N–C) groups is 1. The standard InChI is InChI=1S/C15H19F2N/c1-4-6-12-7-9-13(10-8-12)11-18-14(5-2)15(3,16)17/h5,7-10H,2,4,6,11H2,1,3H3. The topological polar surface area (TPSA) is 12.4 Å². The van der Waals surface area contributed by atoms with Crippen molar-refractivity contribution in [3.8, 4) is 0 Å². The van der Waals surface area contributed by atoms with E-state index in [-0.39, 0.29) is 12.3 Å². The second kappa shape index (κ2) is 6.43. The van der Waals surface area contributed by atoms with E-state index in [1.54, 1.807) is 0 Å². The summed E-state index contributed by atoms with van der Waals surface area (Å²) in [5, 5.41) is 0. The van der Waals surface area contributed by atoms with Gasteiger partial charge in [-0.15, -0.1) is 0 Å². The zero-order valence-electron chi connectivity index (χ0n) is 10.9. The third-order valence-corrected chi connectivity index (χ3v) is 2.64. The van der Waals surface area contributed by atoms with Crippen LogP contribution in [-0.2, 0) is 13.0 Å². The molecule has 1 nitrogen and oxygen atoms in total. The fourth-order valence-corrected chi connectivity index (χ4v) is 1.66. The molecule has 1 aromatic rings. The van der Waals surface area contributed by atoms with Crippen LogP contribution < -0.4 is 0 Å². The highest BCUT2D eigenvalue weighted by Gasteiger charge is 2.26. The van der Waals surface area contributed by atoms with Gasteiger partial charge in [-0.2, -0.15) is 8.78 Å². The molecule has 0 spiro atoms. The molecule has 1 rings (SSSR count). The molecule has 0 radical (unpaired) electrons. The van der Waals surface area contributed by atoms with Crippen molar-refractivity contribution in [1.29, 1.82) is 0 Å². The van der Waals surface area contributed by atoms with E-state index in [1.807, 2.05) is 24.3 Å². The summed E-state index contributed by atoms with van der Waals surface area (Å²) >= 11 is 0. The van der Waals surface area contributed by atoms with Crippen LogP contribution in [0.2, 0.25) is 0 Å². The van der Waals surface area contributed by atoms with E-state index in [9.17, 15) is 8.78 Å². The largest absolute Gasteiger partial charge is 0.286 e. The fourth-order valence-electron chi connectivity index (χ4n) is 1.66. The number of nitrogens with zero attached hydrogens (tertiary/aromatic N) is 1. The molecule has 0 bridgehead atoms. The molecule has 0 atom stereocenters. The smallest absolute Gasteiger partial charge is 0.279 e. The Morgan fingerprint density at radius 3 is 2.28 bits per heavy atom. The van der Waals surface area contributed by atoms with Crippen molar-refractivity contribution >= 4 is 5.71 Å². The van der Waals surface area contributed by atoms with Gasteiger partial charge in [-0.05, 0) is 23.6 Å². The number of hydrogen-bond donors (Lipinski definition) is 0. The Balaban J connectivity index is 2.73. The Labute approximate surface area is 107 Å². The zero-order valence-corrected chi connectivity index (χ0v) is 10.9. The molecule has 0 aliphatic carbocycles. The van der Waals surface area contributed by atoms with Crippen molar-refractivity contribution in [2.75, 3.05) is 0 Å². The lowest BCUT2D eigenvalue weighted by Crippen LogP contribution is -2.22. The van der Waals surface area contributed by atoms with E-state index < -0.39 is 5.92 Å². The minimum Gasteiger partial charge on any atom is -0.279 e. The number of allylic oxidation sites excluding steroid dienone is 1. The first-order valence-electron chi connectivity index (χ1n) is 6.10. The average molecular weight is 251 g/mol. The van der Waals surface area contributed by atoms with Gasteiger partial charge in [-0.1, -0.05) is 44.2 Å². The lowest BCUT2D eigenvalue weighted by molar-refractivity contribution is 0.101. The number of benzene rings is 1. The first-order chi connectivity index (χ1) is 8.47. The number of rotatable bonds is 6. The highest BCUT2D eigenvalue weighted by molar-refractivity contribution is 5.99. The molecule has 0 unspecified atom stereocenters. The molecule has 1 aromatic carbocycles. The van der Waals surface area contributed by atoms with Crippen LogP contribution in [0.1, 0.15) is 31.4 Å². The lowest BCUT2D eigenvalue weighted by atomic mass is 10.1. The van der Waals surface area contributed by atoms with Crippen molar-refractivity contribution in [2.24, 2.45) is 4.99 Å². The van der Waals surface area contributed by atoms with E-state index >= 15 is 0 Å². The van der Waals surface area contributed by atoms with Crippen LogP contribution in [0.3, 0.4) is 0 Å². The second-order valence-corrected chi connectivity index (χ2v) is 4.36. The molecule has 0 fully saturated rings. The van der Waals surface area contributed by atoms with Crippen molar-refractivity contribution in [3.05, 3.63) is 48.0 Å². The number of hydrogen-bond acceptors (Lipinski definition) is 1. The Morgan fingerprint density at radius 1 is 1.28 bits per heavy atom. The summed E-state index contributed by atoms with van der Waals surface area (Å²) in [6.07, 6.45) is 3.25. The van der Waals surface area contributed by atoms with Gasteiger partial charge in [-0.25, -0.2) is 0 Å². The van der Waals surface area contributed by atoms with Crippen LogP contribution in [0.4, 0.5) is 8.78 Å². The molecule has 0 heterocycles. The van der Waals surface area contributed by atoms with Crippen LogP contribution >= 0.6 is 0 Å². The minimum absolute atomic E-state index is 0.261.